The third kappa shape index (κ3) is 5.95. The number of hydrogen-bond acceptors (Lipinski definition) is 7. The number of nitrogens with one attached hydrogen (secondary N) is 2. The number of rotatable bonds is 12. The first-order valence-corrected chi connectivity index (χ1v) is 13.3. The third-order valence-electron chi connectivity index (χ3n) is 7.68. The highest BCUT2D eigenvalue weighted by molar-refractivity contribution is 5.88. The molecule has 2 aliphatic heterocycles. The largest absolute Gasteiger partial charge is 0.496 e. The maximum absolute atomic E-state index is 15.6. The molecular weight excluding hydrogens is 488 g/mol. The molecule has 0 amide bonds. The molecule has 38 heavy (non-hydrogen) atoms. The minimum atomic E-state index is -1.55. The number of methoxy groups -OCH3 is 2. The van der Waals surface area contributed by atoms with Gasteiger partial charge in [-0.2, -0.15) is 0 Å². The predicted octanol–water partition coefficient (Wildman–Crippen LogP) is 4.44. The van der Waals surface area contributed by atoms with Gasteiger partial charge in [-0.25, -0.2) is 4.39 Å². The zero-order valence-corrected chi connectivity index (χ0v) is 22.9. The van der Waals surface area contributed by atoms with E-state index in [-0.39, 0.29) is 31.9 Å². The fraction of sp³-hybridized carbons (Fsp3) is 0.552. The highest BCUT2D eigenvalue weighted by Gasteiger charge is 2.40. The van der Waals surface area contributed by atoms with Gasteiger partial charge in [0, 0.05) is 74.1 Å². The molecule has 2 aliphatic rings. The number of hydrogen-bond donors (Lipinski definition) is 3. The van der Waals surface area contributed by atoms with Crippen LogP contribution >= 0.6 is 0 Å². The summed E-state index contributed by atoms with van der Waals surface area (Å²) in [5.41, 5.74) is 9.88. The SMILES string of the molecule is COC[C@](C)(F)CN1[C@H](c2ccc(NC3CN(CCCF)C3)cc2OC)c2ccc(N)c(C=N)c2C[C@H]1C. The number of anilines is 2. The highest BCUT2D eigenvalue weighted by Crippen LogP contribution is 2.44. The van der Waals surface area contributed by atoms with Crippen molar-refractivity contribution in [2.75, 3.05) is 64.7 Å². The summed E-state index contributed by atoms with van der Waals surface area (Å²) >= 11 is 0. The molecule has 9 heteroatoms. The number of likely N-dealkylation sites (tertiary alicyclic amines) is 1. The van der Waals surface area contributed by atoms with Crippen molar-refractivity contribution < 1.29 is 18.3 Å². The van der Waals surface area contributed by atoms with Crippen LogP contribution < -0.4 is 15.8 Å². The van der Waals surface area contributed by atoms with Gasteiger partial charge in [-0.05, 0) is 49.9 Å². The average Bonchev–Trinajstić information content (AvgIpc) is 2.86. The summed E-state index contributed by atoms with van der Waals surface area (Å²) in [4.78, 5) is 4.41. The van der Waals surface area contributed by atoms with E-state index in [1.54, 1.807) is 14.0 Å². The van der Waals surface area contributed by atoms with Gasteiger partial charge in [0.1, 0.15) is 11.4 Å². The predicted molar refractivity (Wildman–Crippen MR) is 149 cm³/mol. The number of alkyl halides is 2. The van der Waals surface area contributed by atoms with E-state index in [1.807, 2.05) is 30.3 Å². The van der Waals surface area contributed by atoms with Gasteiger partial charge < -0.3 is 25.9 Å². The Bertz CT molecular complexity index is 1120. The minimum Gasteiger partial charge on any atom is -0.496 e. The Morgan fingerprint density at radius 1 is 1.21 bits per heavy atom. The molecule has 4 rings (SSSR count). The van der Waals surface area contributed by atoms with Crippen LogP contribution in [0.1, 0.15) is 48.6 Å². The van der Waals surface area contributed by atoms with E-state index >= 15 is 4.39 Å². The Labute approximate surface area is 224 Å². The van der Waals surface area contributed by atoms with Gasteiger partial charge in [-0.1, -0.05) is 12.1 Å². The lowest BCUT2D eigenvalue weighted by atomic mass is 9.81. The van der Waals surface area contributed by atoms with Crippen molar-refractivity contribution in [2.45, 2.75) is 50.5 Å². The van der Waals surface area contributed by atoms with Gasteiger partial charge in [0.05, 0.1) is 32.5 Å². The van der Waals surface area contributed by atoms with Crippen molar-refractivity contribution in [1.82, 2.24) is 9.80 Å². The second-order valence-corrected chi connectivity index (χ2v) is 10.9. The molecule has 0 saturated carbocycles. The standard InChI is InChI=1S/C29H41F2N5O2/c1-19-12-24-22(8-9-26(33)25(24)14-32)28(36(19)17-29(2,31)18-37-3)23-7-6-20(13-27(23)38-4)34-21-15-35(16-21)11-5-10-30/h6-9,13-14,19,21,28,32,34H,5,10-12,15-18,33H2,1-4H3/t19-,28+,29-/m1/s1. The summed E-state index contributed by atoms with van der Waals surface area (Å²) < 4.78 is 39.1. The Morgan fingerprint density at radius 3 is 2.61 bits per heavy atom. The number of nitrogens with two attached hydrogens (primary N) is 1. The lowest BCUT2D eigenvalue weighted by molar-refractivity contribution is 0.00195. The van der Waals surface area contributed by atoms with Crippen LogP contribution in [0.3, 0.4) is 0 Å². The zero-order valence-electron chi connectivity index (χ0n) is 22.9. The minimum absolute atomic E-state index is 0.00674. The first-order valence-electron chi connectivity index (χ1n) is 13.3. The van der Waals surface area contributed by atoms with E-state index in [2.05, 4.69) is 22.0 Å². The van der Waals surface area contributed by atoms with Crippen LogP contribution in [-0.2, 0) is 11.2 Å². The summed E-state index contributed by atoms with van der Waals surface area (Å²) in [5, 5.41) is 11.6. The maximum Gasteiger partial charge on any atom is 0.144 e. The van der Waals surface area contributed by atoms with E-state index in [1.165, 1.54) is 13.3 Å². The van der Waals surface area contributed by atoms with E-state index in [4.69, 9.17) is 20.6 Å². The second kappa shape index (κ2) is 12.0. The summed E-state index contributed by atoms with van der Waals surface area (Å²) in [6, 6.07) is 9.92. The molecule has 7 nitrogen and oxygen atoms in total. The van der Waals surface area contributed by atoms with Gasteiger partial charge in [0.2, 0.25) is 0 Å². The number of nitrogens with zero attached hydrogens (tertiary/aromatic N) is 2. The van der Waals surface area contributed by atoms with Crippen LogP contribution in [0.25, 0.3) is 0 Å². The average molecular weight is 530 g/mol. The summed E-state index contributed by atoms with van der Waals surface area (Å²) in [6.45, 7) is 6.09. The first-order chi connectivity index (χ1) is 18.2. The molecule has 2 aromatic carbocycles. The molecular formula is C29H41F2N5O2. The monoisotopic (exact) mass is 529 g/mol. The molecule has 2 heterocycles. The summed E-state index contributed by atoms with van der Waals surface area (Å²) in [6.07, 6.45) is 2.55. The molecule has 1 saturated heterocycles. The Morgan fingerprint density at radius 2 is 1.95 bits per heavy atom. The van der Waals surface area contributed by atoms with Crippen LogP contribution in [-0.4, -0.2) is 87.4 Å². The maximum atomic E-state index is 15.6. The molecule has 2 aromatic rings. The molecule has 4 N–H and O–H groups in total. The zero-order chi connectivity index (χ0) is 27.4. The Balaban J connectivity index is 1.69. The Kier molecular flexibility index (Phi) is 8.90. The van der Waals surface area contributed by atoms with Crippen molar-refractivity contribution in [1.29, 1.82) is 5.41 Å². The fourth-order valence-electron chi connectivity index (χ4n) is 5.91. The van der Waals surface area contributed by atoms with E-state index < -0.39 is 5.67 Å². The molecule has 0 aromatic heterocycles. The number of fused-ring (bicyclic) bond motifs is 1. The normalized spacial score (nSPS) is 21.8. The smallest absolute Gasteiger partial charge is 0.144 e. The molecule has 0 radical (unpaired) electrons. The topological polar surface area (TPSA) is 86.8 Å². The van der Waals surface area contributed by atoms with Crippen LogP contribution in [0.5, 0.6) is 5.75 Å². The second-order valence-electron chi connectivity index (χ2n) is 10.9. The van der Waals surface area contributed by atoms with Gasteiger partial charge in [0.25, 0.3) is 0 Å². The van der Waals surface area contributed by atoms with Crippen molar-refractivity contribution in [3.63, 3.8) is 0 Å². The van der Waals surface area contributed by atoms with Crippen molar-refractivity contribution in [3.05, 3.63) is 52.6 Å². The molecule has 0 bridgehead atoms. The van der Waals surface area contributed by atoms with Crippen LogP contribution in [0.4, 0.5) is 20.2 Å². The first kappa shape index (κ1) is 28.3. The van der Waals surface area contributed by atoms with Gasteiger partial charge in [-0.3, -0.25) is 14.2 Å². The molecule has 1 fully saturated rings. The third-order valence-corrected chi connectivity index (χ3v) is 7.68. The molecule has 0 unspecified atom stereocenters. The molecule has 208 valence electrons. The van der Waals surface area contributed by atoms with E-state index in [9.17, 15) is 4.39 Å². The fourth-order valence-corrected chi connectivity index (χ4v) is 5.91. The van der Waals surface area contributed by atoms with Crippen LogP contribution in [0, 0.1) is 5.41 Å². The summed E-state index contributed by atoms with van der Waals surface area (Å²) in [5.74, 6) is 0.708. The van der Waals surface area contributed by atoms with Gasteiger partial charge in [0.15, 0.2) is 0 Å². The van der Waals surface area contributed by atoms with E-state index in [0.717, 1.165) is 47.6 Å². The van der Waals surface area contributed by atoms with Crippen molar-refractivity contribution >= 4 is 17.6 Å². The van der Waals surface area contributed by atoms with Crippen LogP contribution in [0.2, 0.25) is 0 Å². The lowest BCUT2D eigenvalue weighted by Crippen LogP contribution is -2.54. The number of nitrogen functional groups attached to an aromatic ring is 1. The van der Waals surface area contributed by atoms with Gasteiger partial charge >= 0.3 is 0 Å². The number of benzene rings is 2. The lowest BCUT2D eigenvalue weighted by Gasteiger charge is -2.45. The van der Waals surface area contributed by atoms with E-state index in [0.29, 0.717) is 30.3 Å². The van der Waals surface area contributed by atoms with Crippen molar-refractivity contribution in [2.24, 2.45) is 0 Å². The quantitative estimate of drug-likeness (QED) is 0.278. The molecule has 0 aliphatic carbocycles. The van der Waals surface area contributed by atoms with Gasteiger partial charge in [-0.15, -0.1) is 0 Å². The van der Waals surface area contributed by atoms with Crippen molar-refractivity contribution in [3.8, 4) is 5.75 Å². The molecule has 0 spiro atoms. The van der Waals surface area contributed by atoms with Crippen LogP contribution in [0.15, 0.2) is 30.3 Å². The summed E-state index contributed by atoms with van der Waals surface area (Å²) in [7, 11) is 3.17. The Hall–Kier alpha value is -2.75. The number of halogens is 2. The highest BCUT2D eigenvalue weighted by atomic mass is 19.1. The molecule has 3 atom stereocenters. The number of ether oxygens (including phenoxy) is 2.